The molecule has 0 saturated heterocycles. The lowest BCUT2D eigenvalue weighted by Crippen LogP contribution is -2.05. The van der Waals surface area contributed by atoms with Gasteiger partial charge in [-0.1, -0.05) is 0 Å². The highest BCUT2D eigenvalue weighted by atomic mass is 32.2. The molecule has 0 atom stereocenters. The molecule has 1 aromatic rings. The van der Waals surface area contributed by atoms with Crippen LogP contribution in [0.5, 0.6) is 0 Å². The number of thioether (sulfide) groups is 1. The van der Waals surface area contributed by atoms with Crippen molar-refractivity contribution in [3.8, 4) is 0 Å². The van der Waals surface area contributed by atoms with Crippen LogP contribution in [-0.4, -0.2) is 44.2 Å². The Morgan fingerprint density at radius 3 is 2.67 bits per heavy atom. The zero-order valence-electron chi connectivity index (χ0n) is 10.3. The minimum absolute atomic E-state index is 0.165. The molecule has 18 heavy (non-hydrogen) atoms. The molecule has 0 unspecified atom stereocenters. The normalized spacial score (nSPS) is 11.2. The van der Waals surface area contributed by atoms with Crippen molar-refractivity contribution >= 4 is 27.6 Å². The third-order valence-electron chi connectivity index (χ3n) is 2.09. The Bertz CT molecular complexity index is 496. The van der Waals surface area contributed by atoms with Crippen LogP contribution >= 0.6 is 11.8 Å². The van der Waals surface area contributed by atoms with Crippen molar-refractivity contribution in [1.29, 1.82) is 0 Å². The van der Waals surface area contributed by atoms with Crippen LogP contribution < -0.4 is 0 Å². The molecule has 1 heterocycles. The molecule has 0 aliphatic carbocycles. The summed E-state index contributed by atoms with van der Waals surface area (Å²) in [5, 5.41) is 0. The number of pyridine rings is 1. The van der Waals surface area contributed by atoms with Crippen LogP contribution in [0.4, 0.5) is 0 Å². The summed E-state index contributed by atoms with van der Waals surface area (Å²) in [7, 11) is -1.59. The molecule has 0 aliphatic heterocycles. The summed E-state index contributed by atoms with van der Waals surface area (Å²) in [5.41, 5.74) is 1.21. The van der Waals surface area contributed by atoms with Gasteiger partial charge in [0.05, 0.1) is 24.1 Å². The van der Waals surface area contributed by atoms with Gasteiger partial charge in [0.25, 0.3) is 0 Å². The van der Waals surface area contributed by atoms with E-state index in [9.17, 15) is 13.2 Å². The van der Waals surface area contributed by atoms with Crippen molar-refractivity contribution in [2.75, 3.05) is 24.9 Å². The predicted molar refractivity (Wildman–Crippen MR) is 71.4 cm³/mol. The fourth-order valence-corrected chi connectivity index (χ4v) is 3.34. The molecule has 1 rings (SSSR count). The number of rotatable bonds is 6. The van der Waals surface area contributed by atoms with Gasteiger partial charge in [-0.15, -0.1) is 0 Å². The summed E-state index contributed by atoms with van der Waals surface area (Å²) >= 11 is 1.50. The van der Waals surface area contributed by atoms with E-state index in [2.05, 4.69) is 9.72 Å². The molecule has 5 nitrogen and oxygen atoms in total. The Labute approximate surface area is 111 Å². The Hall–Kier alpha value is -1.08. The minimum Gasteiger partial charge on any atom is -0.465 e. The van der Waals surface area contributed by atoms with Crippen LogP contribution in [0.15, 0.2) is 18.3 Å². The number of hydrogen-bond acceptors (Lipinski definition) is 6. The van der Waals surface area contributed by atoms with Gasteiger partial charge in [0.2, 0.25) is 0 Å². The number of carbonyl (C=O) groups is 1. The highest BCUT2D eigenvalue weighted by Gasteiger charge is 2.06. The summed E-state index contributed by atoms with van der Waals surface area (Å²) in [6.45, 7) is 0. The molecule has 0 spiro atoms. The second-order valence-corrected chi connectivity index (χ2v) is 7.08. The van der Waals surface area contributed by atoms with E-state index in [1.54, 1.807) is 12.1 Å². The molecule has 0 aliphatic rings. The third-order valence-corrected chi connectivity index (χ3v) is 4.29. The van der Waals surface area contributed by atoms with Crippen LogP contribution in [0.2, 0.25) is 0 Å². The van der Waals surface area contributed by atoms with Crippen molar-refractivity contribution < 1.29 is 17.9 Å². The molecule has 0 aromatic carbocycles. The summed E-state index contributed by atoms with van der Waals surface area (Å²) < 4.78 is 26.4. The van der Waals surface area contributed by atoms with Gasteiger partial charge >= 0.3 is 5.97 Å². The lowest BCUT2D eigenvalue weighted by molar-refractivity contribution is 0.0600. The first-order valence-corrected chi connectivity index (χ1v) is 8.42. The van der Waals surface area contributed by atoms with Crippen LogP contribution in [-0.2, 0) is 20.3 Å². The SMILES string of the molecule is COC(=O)c1ccc(CSCCS(C)(=O)=O)nc1. The number of esters is 1. The Morgan fingerprint density at radius 1 is 1.44 bits per heavy atom. The topological polar surface area (TPSA) is 73.3 Å². The van der Waals surface area contributed by atoms with Crippen molar-refractivity contribution in [2.45, 2.75) is 5.75 Å². The maximum absolute atomic E-state index is 11.2. The van der Waals surface area contributed by atoms with E-state index in [-0.39, 0.29) is 5.75 Å². The zero-order chi connectivity index (χ0) is 13.6. The Balaban J connectivity index is 2.42. The fraction of sp³-hybridized carbons (Fsp3) is 0.455. The molecule has 0 bridgehead atoms. The number of carbonyl (C=O) groups excluding carboxylic acids is 1. The molecule has 0 radical (unpaired) electrons. The molecule has 100 valence electrons. The first kappa shape index (κ1) is 15.0. The van der Waals surface area contributed by atoms with Gasteiger partial charge in [0.15, 0.2) is 0 Å². The largest absolute Gasteiger partial charge is 0.465 e. The van der Waals surface area contributed by atoms with Crippen molar-refractivity contribution in [3.63, 3.8) is 0 Å². The average molecular weight is 289 g/mol. The highest BCUT2D eigenvalue weighted by Crippen LogP contribution is 2.11. The van der Waals surface area contributed by atoms with Gasteiger partial charge in [0, 0.05) is 24.0 Å². The van der Waals surface area contributed by atoms with Gasteiger partial charge in [-0.2, -0.15) is 11.8 Å². The molecule has 0 amide bonds. The lowest BCUT2D eigenvalue weighted by Gasteiger charge is -2.02. The summed E-state index contributed by atoms with van der Waals surface area (Å²) in [4.78, 5) is 15.3. The maximum atomic E-state index is 11.2. The van der Waals surface area contributed by atoms with Crippen LogP contribution in [0.25, 0.3) is 0 Å². The number of methoxy groups -OCH3 is 1. The van der Waals surface area contributed by atoms with E-state index in [0.717, 1.165) is 5.69 Å². The number of hydrogen-bond donors (Lipinski definition) is 0. The maximum Gasteiger partial charge on any atom is 0.339 e. The van der Waals surface area contributed by atoms with E-state index in [4.69, 9.17) is 0 Å². The van der Waals surface area contributed by atoms with Crippen molar-refractivity contribution in [3.05, 3.63) is 29.6 Å². The minimum atomic E-state index is -2.90. The Morgan fingerprint density at radius 2 is 2.17 bits per heavy atom. The molecular weight excluding hydrogens is 274 g/mol. The molecule has 0 N–H and O–H groups in total. The third kappa shape index (κ3) is 5.50. The zero-order valence-corrected chi connectivity index (χ0v) is 11.9. The van der Waals surface area contributed by atoms with Gasteiger partial charge in [-0.25, -0.2) is 13.2 Å². The van der Waals surface area contributed by atoms with Gasteiger partial charge in [-0.05, 0) is 12.1 Å². The second kappa shape index (κ2) is 6.75. The molecule has 0 saturated carbocycles. The van der Waals surface area contributed by atoms with E-state index in [0.29, 0.717) is 17.1 Å². The number of aromatic nitrogens is 1. The monoisotopic (exact) mass is 289 g/mol. The van der Waals surface area contributed by atoms with Crippen molar-refractivity contribution in [1.82, 2.24) is 4.98 Å². The number of ether oxygens (including phenoxy) is 1. The first-order chi connectivity index (χ1) is 8.42. The van der Waals surface area contributed by atoms with E-state index < -0.39 is 15.8 Å². The molecule has 1 aromatic heterocycles. The summed E-state index contributed by atoms with van der Waals surface area (Å²) in [5.74, 6) is 0.910. The standard InChI is InChI=1S/C11H15NO4S2/c1-16-11(13)9-3-4-10(12-7-9)8-17-5-6-18(2,14)15/h3-4,7H,5-6,8H2,1-2H3. The van der Waals surface area contributed by atoms with E-state index >= 15 is 0 Å². The van der Waals surface area contributed by atoms with Crippen LogP contribution in [0.1, 0.15) is 16.1 Å². The van der Waals surface area contributed by atoms with E-state index in [1.807, 2.05) is 0 Å². The van der Waals surface area contributed by atoms with Gasteiger partial charge in [-0.3, -0.25) is 4.98 Å². The highest BCUT2D eigenvalue weighted by molar-refractivity contribution is 7.99. The molecule has 0 fully saturated rings. The summed E-state index contributed by atoms with van der Waals surface area (Å²) in [6.07, 6.45) is 2.68. The number of sulfone groups is 1. The lowest BCUT2D eigenvalue weighted by atomic mass is 10.2. The van der Waals surface area contributed by atoms with Gasteiger partial charge < -0.3 is 4.74 Å². The molecule has 7 heteroatoms. The predicted octanol–water partition coefficient (Wildman–Crippen LogP) is 1.15. The Kier molecular flexibility index (Phi) is 5.61. The quantitative estimate of drug-likeness (QED) is 0.577. The average Bonchev–Trinajstić information content (AvgIpc) is 2.33. The van der Waals surface area contributed by atoms with Crippen molar-refractivity contribution in [2.24, 2.45) is 0 Å². The fourth-order valence-electron chi connectivity index (χ4n) is 1.14. The van der Waals surface area contributed by atoms with Crippen LogP contribution in [0, 0.1) is 0 Å². The smallest absolute Gasteiger partial charge is 0.339 e. The number of nitrogens with zero attached hydrogens (tertiary/aromatic N) is 1. The van der Waals surface area contributed by atoms with Gasteiger partial charge in [0.1, 0.15) is 9.84 Å². The second-order valence-electron chi connectivity index (χ2n) is 3.71. The summed E-state index contributed by atoms with van der Waals surface area (Å²) in [6, 6.07) is 3.38. The van der Waals surface area contributed by atoms with E-state index in [1.165, 1.54) is 31.3 Å². The van der Waals surface area contributed by atoms with Crippen LogP contribution in [0.3, 0.4) is 0 Å². The first-order valence-electron chi connectivity index (χ1n) is 5.21. The molecular formula is C11H15NO4S2.